The van der Waals surface area contributed by atoms with Gasteiger partial charge < -0.3 is 4.74 Å². The maximum absolute atomic E-state index is 11.8. The molecule has 0 aliphatic heterocycles. The molecule has 0 amide bonds. The summed E-state index contributed by atoms with van der Waals surface area (Å²) in [4.78, 5) is 16.5. The van der Waals surface area contributed by atoms with Gasteiger partial charge in [-0.25, -0.2) is 14.5 Å². The predicted molar refractivity (Wildman–Crippen MR) is 102 cm³/mol. The third-order valence-corrected chi connectivity index (χ3v) is 4.18. The van der Waals surface area contributed by atoms with Crippen molar-refractivity contribution in [1.29, 1.82) is 0 Å². The van der Waals surface area contributed by atoms with E-state index in [4.69, 9.17) is 9.72 Å². The van der Waals surface area contributed by atoms with E-state index in [0.717, 1.165) is 33.2 Å². The van der Waals surface area contributed by atoms with Crippen LogP contribution in [0.3, 0.4) is 0 Å². The van der Waals surface area contributed by atoms with Crippen LogP contribution < -0.4 is 4.74 Å². The average molecular weight is 343 g/mol. The van der Waals surface area contributed by atoms with E-state index in [2.05, 4.69) is 11.7 Å². The van der Waals surface area contributed by atoms with E-state index in [1.54, 1.807) is 17.7 Å². The summed E-state index contributed by atoms with van der Waals surface area (Å²) in [7, 11) is 1.89. The van der Waals surface area contributed by atoms with Crippen LogP contribution in [0.15, 0.2) is 66.7 Å². The van der Waals surface area contributed by atoms with Gasteiger partial charge in [-0.1, -0.05) is 36.9 Å². The van der Waals surface area contributed by atoms with E-state index >= 15 is 0 Å². The Bertz CT molecular complexity index is 1160. The van der Waals surface area contributed by atoms with Gasteiger partial charge in [0.15, 0.2) is 5.65 Å². The second kappa shape index (κ2) is 6.11. The second-order valence-electron chi connectivity index (χ2n) is 6.22. The van der Waals surface area contributed by atoms with Crippen molar-refractivity contribution in [3.63, 3.8) is 0 Å². The zero-order valence-corrected chi connectivity index (χ0v) is 14.6. The lowest BCUT2D eigenvalue weighted by Crippen LogP contribution is -2.08. The van der Waals surface area contributed by atoms with Gasteiger partial charge in [-0.15, -0.1) is 0 Å². The van der Waals surface area contributed by atoms with Crippen molar-refractivity contribution in [2.45, 2.75) is 6.92 Å². The molecular formula is C21H17N3O2. The van der Waals surface area contributed by atoms with Crippen molar-refractivity contribution >= 4 is 27.9 Å². The van der Waals surface area contributed by atoms with E-state index in [1.165, 1.54) is 0 Å². The van der Waals surface area contributed by atoms with Gasteiger partial charge >= 0.3 is 5.97 Å². The fourth-order valence-electron chi connectivity index (χ4n) is 2.88. The van der Waals surface area contributed by atoms with Gasteiger partial charge in [0, 0.05) is 29.0 Å². The van der Waals surface area contributed by atoms with Gasteiger partial charge in [-0.2, -0.15) is 5.10 Å². The SMILES string of the molecule is C=C(C)C(=O)Oc1ccc2nc3c(cc2c1)c(-c1ccccc1)nn3C. The molecule has 0 N–H and O–H groups in total. The van der Waals surface area contributed by atoms with Crippen molar-refractivity contribution in [3.05, 3.63) is 66.7 Å². The monoisotopic (exact) mass is 343 g/mol. The molecule has 128 valence electrons. The van der Waals surface area contributed by atoms with Crippen molar-refractivity contribution in [2.75, 3.05) is 0 Å². The van der Waals surface area contributed by atoms with Crippen LogP contribution in [0.5, 0.6) is 5.75 Å². The smallest absolute Gasteiger partial charge is 0.338 e. The van der Waals surface area contributed by atoms with Gasteiger partial charge in [-0.3, -0.25) is 0 Å². The number of carbonyl (C=O) groups excluding carboxylic acids is 1. The number of hydrogen-bond donors (Lipinski definition) is 0. The molecule has 0 radical (unpaired) electrons. The predicted octanol–water partition coefficient (Wildman–Crippen LogP) is 4.27. The summed E-state index contributed by atoms with van der Waals surface area (Å²) in [6.07, 6.45) is 0. The first-order valence-electron chi connectivity index (χ1n) is 8.23. The minimum absolute atomic E-state index is 0.359. The summed E-state index contributed by atoms with van der Waals surface area (Å²) < 4.78 is 7.11. The van der Waals surface area contributed by atoms with Gasteiger partial charge in [0.25, 0.3) is 0 Å². The Balaban J connectivity index is 1.88. The Morgan fingerprint density at radius 3 is 2.62 bits per heavy atom. The number of benzene rings is 2. The van der Waals surface area contributed by atoms with Crippen LogP contribution in [-0.4, -0.2) is 20.7 Å². The highest BCUT2D eigenvalue weighted by molar-refractivity contribution is 5.99. The Labute approximate surface area is 150 Å². The number of hydrogen-bond acceptors (Lipinski definition) is 4. The molecule has 0 spiro atoms. The molecular weight excluding hydrogens is 326 g/mol. The molecule has 2 aromatic heterocycles. The van der Waals surface area contributed by atoms with E-state index in [1.807, 2.05) is 55.6 Å². The molecule has 0 fully saturated rings. The van der Waals surface area contributed by atoms with Gasteiger partial charge in [0.1, 0.15) is 11.4 Å². The first kappa shape index (κ1) is 16.0. The van der Waals surface area contributed by atoms with Crippen LogP contribution in [0.2, 0.25) is 0 Å². The molecule has 4 aromatic rings. The topological polar surface area (TPSA) is 57.0 Å². The highest BCUT2D eigenvalue weighted by Gasteiger charge is 2.14. The zero-order chi connectivity index (χ0) is 18.3. The lowest BCUT2D eigenvalue weighted by atomic mass is 10.1. The summed E-state index contributed by atoms with van der Waals surface area (Å²) >= 11 is 0. The Morgan fingerprint density at radius 2 is 1.88 bits per heavy atom. The maximum atomic E-state index is 11.8. The van der Waals surface area contributed by atoms with Crippen molar-refractivity contribution in [3.8, 4) is 17.0 Å². The number of ether oxygens (including phenoxy) is 1. The lowest BCUT2D eigenvalue weighted by molar-refractivity contribution is -0.130. The molecule has 0 saturated heterocycles. The quantitative estimate of drug-likeness (QED) is 0.317. The van der Waals surface area contributed by atoms with E-state index in [0.29, 0.717) is 11.3 Å². The Kier molecular flexibility index (Phi) is 3.77. The zero-order valence-electron chi connectivity index (χ0n) is 14.6. The molecule has 0 aliphatic carbocycles. The minimum atomic E-state index is -0.440. The van der Waals surface area contributed by atoms with Crippen LogP contribution in [0, 0.1) is 0 Å². The van der Waals surface area contributed by atoms with Crippen LogP contribution in [0.1, 0.15) is 6.92 Å². The number of pyridine rings is 1. The maximum Gasteiger partial charge on any atom is 0.338 e. The van der Waals surface area contributed by atoms with Crippen molar-refractivity contribution in [2.24, 2.45) is 7.05 Å². The van der Waals surface area contributed by atoms with E-state index in [9.17, 15) is 4.79 Å². The number of aryl methyl sites for hydroxylation is 1. The molecule has 0 aliphatic rings. The van der Waals surface area contributed by atoms with Crippen LogP contribution >= 0.6 is 0 Å². The van der Waals surface area contributed by atoms with Crippen molar-refractivity contribution < 1.29 is 9.53 Å². The molecule has 5 heteroatoms. The standard InChI is InChI=1S/C21H17N3O2/c1-13(2)21(25)26-16-9-10-18-15(11-16)12-17-19(14-7-5-4-6-8-14)23-24(3)20(17)22-18/h4-12H,1H2,2-3H3. The van der Waals surface area contributed by atoms with Crippen molar-refractivity contribution in [1.82, 2.24) is 14.8 Å². The molecule has 5 nitrogen and oxygen atoms in total. The summed E-state index contributed by atoms with van der Waals surface area (Å²) in [6.45, 7) is 5.23. The average Bonchev–Trinajstić information content (AvgIpc) is 2.96. The molecule has 26 heavy (non-hydrogen) atoms. The summed E-state index contributed by atoms with van der Waals surface area (Å²) in [5.74, 6) is 0.0292. The first-order valence-corrected chi connectivity index (χ1v) is 8.23. The third kappa shape index (κ3) is 2.73. The molecule has 4 rings (SSSR count). The molecule has 0 atom stereocenters. The highest BCUT2D eigenvalue weighted by atomic mass is 16.5. The van der Waals surface area contributed by atoms with Crippen LogP contribution in [-0.2, 0) is 11.8 Å². The summed E-state index contributed by atoms with van der Waals surface area (Å²) in [5.41, 5.74) is 3.89. The number of rotatable bonds is 3. The molecule has 2 aromatic carbocycles. The number of fused-ring (bicyclic) bond motifs is 2. The molecule has 0 unspecified atom stereocenters. The fraction of sp³-hybridized carbons (Fsp3) is 0.0952. The molecule has 2 heterocycles. The third-order valence-electron chi connectivity index (χ3n) is 4.18. The van der Waals surface area contributed by atoms with Crippen LogP contribution in [0.25, 0.3) is 33.2 Å². The van der Waals surface area contributed by atoms with Gasteiger partial charge in [0.05, 0.1) is 5.52 Å². The van der Waals surface area contributed by atoms with Gasteiger partial charge in [-0.05, 0) is 31.2 Å². The van der Waals surface area contributed by atoms with E-state index in [-0.39, 0.29) is 0 Å². The highest BCUT2D eigenvalue weighted by Crippen LogP contribution is 2.30. The molecule has 0 saturated carbocycles. The Hall–Kier alpha value is -3.47. The van der Waals surface area contributed by atoms with Gasteiger partial charge in [0.2, 0.25) is 0 Å². The number of esters is 1. The lowest BCUT2D eigenvalue weighted by Gasteiger charge is -2.05. The number of carbonyl (C=O) groups is 1. The van der Waals surface area contributed by atoms with E-state index < -0.39 is 5.97 Å². The first-order chi connectivity index (χ1) is 12.5. The Morgan fingerprint density at radius 1 is 1.12 bits per heavy atom. The number of nitrogens with zero attached hydrogens (tertiary/aromatic N) is 3. The minimum Gasteiger partial charge on any atom is -0.423 e. The number of aromatic nitrogens is 3. The summed E-state index contributed by atoms with van der Waals surface area (Å²) in [6, 6.07) is 17.4. The molecule has 0 bridgehead atoms. The largest absolute Gasteiger partial charge is 0.423 e. The van der Waals surface area contributed by atoms with Crippen LogP contribution in [0.4, 0.5) is 0 Å². The summed E-state index contributed by atoms with van der Waals surface area (Å²) in [5, 5.41) is 6.47. The fourth-order valence-corrected chi connectivity index (χ4v) is 2.88. The normalized spacial score (nSPS) is 11.0. The second-order valence-corrected chi connectivity index (χ2v) is 6.22.